The van der Waals surface area contributed by atoms with Crippen LogP contribution >= 0.6 is 0 Å². The van der Waals surface area contributed by atoms with Gasteiger partial charge < -0.3 is 9.72 Å². The van der Waals surface area contributed by atoms with E-state index in [1.165, 1.54) is 5.56 Å². The van der Waals surface area contributed by atoms with Crippen molar-refractivity contribution >= 4 is 10.9 Å². The largest absolute Gasteiger partial charge is 0.379 e. The zero-order chi connectivity index (χ0) is 16.4. The summed E-state index contributed by atoms with van der Waals surface area (Å²) in [5, 5.41) is 10.1. The maximum atomic E-state index is 9.10. The van der Waals surface area contributed by atoms with Crippen LogP contribution in [0.3, 0.4) is 0 Å². The van der Waals surface area contributed by atoms with E-state index in [1.54, 1.807) is 0 Å². The molecule has 0 aliphatic carbocycles. The van der Waals surface area contributed by atoms with Crippen molar-refractivity contribution in [3.8, 4) is 17.3 Å². The first-order chi connectivity index (χ1) is 11.8. The third-order valence-corrected chi connectivity index (χ3v) is 4.42. The van der Waals surface area contributed by atoms with Crippen LogP contribution in [0.15, 0.2) is 42.7 Å². The molecule has 5 nitrogen and oxygen atoms in total. The van der Waals surface area contributed by atoms with Crippen molar-refractivity contribution in [3.05, 3.63) is 53.9 Å². The molecule has 3 heterocycles. The van der Waals surface area contributed by atoms with Crippen molar-refractivity contribution in [2.75, 3.05) is 26.3 Å². The summed E-state index contributed by atoms with van der Waals surface area (Å²) >= 11 is 0. The second-order valence-corrected chi connectivity index (χ2v) is 6.01. The van der Waals surface area contributed by atoms with E-state index >= 15 is 0 Å². The molecule has 1 aliphatic heterocycles. The smallest absolute Gasteiger partial charge is 0.0991 e. The number of nitrogens with zero attached hydrogens (tertiary/aromatic N) is 3. The lowest BCUT2D eigenvalue weighted by molar-refractivity contribution is 0.0341. The Morgan fingerprint density at radius 2 is 2.08 bits per heavy atom. The molecule has 0 radical (unpaired) electrons. The second-order valence-electron chi connectivity index (χ2n) is 6.01. The number of H-pyrrole nitrogens is 1. The van der Waals surface area contributed by atoms with E-state index in [1.807, 2.05) is 30.6 Å². The molecule has 1 aromatic carbocycles. The second kappa shape index (κ2) is 6.44. The van der Waals surface area contributed by atoms with Gasteiger partial charge in [-0.1, -0.05) is 6.07 Å². The van der Waals surface area contributed by atoms with Crippen LogP contribution in [-0.2, 0) is 11.3 Å². The van der Waals surface area contributed by atoms with Gasteiger partial charge in [-0.15, -0.1) is 0 Å². The topological polar surface area (TPSA) is 64.9 Å². The van der Waals surface area contributed by atoms with Crippen molar-refractivity contribution < 1.29 is 4.74 Å². The predicted octanol–water partition coefficient (Wildman–Crippen LogP) is 2.93. The summed E-state index contributed by atoms with van der Waals surface area (Å²) in [7, 11) is 0. The van der Waals surface area contributed by atoms with Crippen LogP contribution in [0, 0.1) is 11.3 Å². The Morgan fingerprint density at radius 1 is 1.21 bits per heavy atom. The maximum absolute atomic E-state index is 9.10. The van der Waals surface area contributed by atoms with E-state index in [-0.39, 0.29) is 0 Å². The molecule has 1 fully saturated rings. The summed E-state index contributed by atoms with van der Waals surface area (Å²) in [5.41, 5.74) is 4.83. The highest BCUT2D eigenvalue weighted by Crippen LogP contribution is 2.28. The van der Waals surface area contributed by atoms with Gasteiger partial charge in [0.25, 0.3) is 0 Å². The van der Waals surface area contributed by atoms with Gasteiger partial charge in [0.05, 0.1) is 30.5 Å². The highest BCUT2D eigenvalue weighted by molar-refractivity contribution is 5.95. The van der Waals surface area contributed by atoms with Gasteiger partial charge in [0.1, 0.15) is 0 Å². The number of hydrogen-bond donors (Lipinski definition) is 1. The number of fused-ring (bicyclic) bond motifs is 1. The minimum atomic E-state index is 0.660. The number of morpholine rings is 1. The fraction of sp³-hybridized carbons (Fsp3) is 0.263. The van der Waals surface area contributed by atoms with Crippen molar-refractivity contribution in [2.45, 2.75) is 6.54 Å². The first-order valence-corrected chi connectivity index (χ1v) is 8.10. The van der Waals surface area contributed by atoms with Crippen molar-refractivity contribution in [3.63, 3.8) is 0 Å². The SMILES string of the molecule is N#Cc1ccc2[nH]cc(-c3ccc(CN4CCOCC4)cn3)c2c1. The number of ether oxygens (including phenoxy) is 1. The number of aromatic nitrogens is 2. The van der Waals surface area contributed by atoms with Gasteiger partial charge >= 0.3 is 0 Å². The summed E-state index contributed by atoms with van der Waals surface area (Å²) < 4.78 is 5.38. The molecule has 1 N–H and O–H groups in total. The first kappa shape index (κ1) is 14.9. The molecule has 2 aromatic heterocycles. The van der Waals surface area contributed by atoms with Gasteiger partial charge in [-0.2, -0.15) is 5.26 Å². The molecule has 5 heteroatoms. The van der Waals surface area contributed by atoms with E-state index in [0.29, 0.717) is 5.56 Å². The van der Waals surface area contributed by atoms with Gasteiger partial charge in [-0.05, 0) is 29.8 Å². The summed E-state index contributed by atoms with van der Waals surface area (Å²) in [6.07, 6.45) is 3.90. The van der Waals surface area contributed by atoms with Crippen LogP contribution in [0.1, 0.15) is 11.1 Å². The summed E-state index contributed by atoms with van der Waals surface area (Å²) in [5.74, 6) is 0. The standard InChI is InChI=1S/C19H18N4O/c20-10-14-1-3-18-16(9-14)17(12-22-18)19-4-2-15(11-21-19)13-23-5-7-24-8-6-23/h1-4,9,11-12,22H,5-8,13H2. The minimum Gasteiger partial charge on any atom is -0.379 e. The summed E-state index contributed by atoms with van der Waals surface area (Å²) in [6.45, 7) is 4.47. The lowest BCUT2D eigenvalue weighted by Gasteiger charge is -2.26. The average Bonchev–Trinajstić information content (AvgIpc) is 3.06. The molecule has 3 aromatic rings. The Hall–Kier alpha value is -2.68. The molecule has 24 heavy (non-hydrogen) atoms. The molecule has 1 aliphatic rings. The molecule has 120 valence electrons. The number of pyridine rings is 1. The van der Waals surface area contributed by atoms with Gasteiger partial charge in [-0.3, -0.25) is 9.88 Å². The van der Waals surface area contributed by atoms with E-state index in [4.69, 9.17) is 10.00 Å². The number of hydrogen-bond acceptors (Lipinski definition) is 4. The molecule has 0 saturated carbocycles. The zero-order valence-electron chi connectivity index (χ0n) is 13.3. The van der Waals surface area contributed by atoms with Crippen LogP contribution in [0.5, 0.6) is 0 Å². The van der Waals surface area contributed by atoms with Crippen LogP contribution in [0.2, 0.25) is 0 Å². The van der Waals surface area contributed by atoms with Crippen LogP contribution in [-0.4, -0.2) is 41.2 Å². The lowest BCUT2D eigenvalue weighted by Crippen LogP contribution is -2.35. The zero-order valence-corrected chi connectivity index (χ0v) is 13.3. The molecule has 0 unspecified atom stereocenters. The average molecular weight is 318 g/mol. The Morgan fingerprint density at radius 3 is 2.83 bits per heavy atom. The number of nitrogens with one attached hydrogen (secondary N) is 1. The predicted molar refractivity (Wildman–Crippen MR) is 92.3 cm³/mol. The van der Waals surface area contributed by atoms with Crippen molar-refractivity contribution in [2.24, 2.45) is 0 Å². The number of benzene rings is 1. The fourth-order valence-electron chi connectivity index (χ4n) is 3.10. The van der Waals surface area contributed by atoms with Gasteiger partial charge in [-0.25, -0.2) is 0 Å². The summed E-state index contributed by atoms with van der Waals surface area (Å²) in [6, 6.07) is 12.0. The normalized spacial score (nSPS) is 15.5. The highest BCUT2D eigenvalue weighted by Gasteiger charge is 2.12. The van der Waals surface area contributed by atoms with E-state index in [2.05, 4.69) is 33.1 Å². The van der Waals surface area contributed by atoms with Gasteiger partial charge in [0, 0.05) is 48.5 Å². The molecule has 4 rings (SSSR count). The summed E-state index contributed by atoms with van der Waals surface area (Å²) in [4.78, 5) is 10.3. The van der Waals surface area contributed by atoms with Crippen LogP contribution in [0.25, 0.3) is 22.2 Å². The van der Waals surface area contributed by atoms with Crippen LogP contribution < -0.4 is 0 Å². The van der Waals surface area contributed by atoms with E-state index in [9.17, 15) is 0 Å². The number of rotatable bonds is 3. The lowest BCUT2D eigenvalue weighted by atomic mass is 10.1. The molecular formula is C19H18N4O. The fourth-order valence-corrected chi connectivity index (χ4v) is 3.10. The Bertz CT molecular complexity index is 886. The molecule has 0 bridgehead atoms. The molecule has 0 amide bonds. The monoisotopic (exact) mass is 318 g/mol. The van der Waals surface area contributed by atoms with Crippen molar-refractivity contribution in [1.29, 1.82) is 5.26 Å². The minimum absolute atomic E-state index is 0.660. The van der Waals surface area contributed by atoms with Gasteiger partial charge in [0.2, 0.25) is 0 Å². The third-order valence-electron chi connectivity index (χ3n) is 4.42. The highest BCUT2D eigenvalue weighted by atomic mass is 16.5. The maximum Gasteiger partial charge on any atom is 0.0991 e. The number of aromatic amines is 1. The Balaban J connectivity index is 1.59. The first-order valence-electron chi connectivity index (χ1n) is 8.10. The third kappa shape index (κ3) is 2.90. The molecule has 0 spiro atoms. The van der Waals surface area contributed by atoms with Crippen LogP contribution in [0.4, 0.5) is 0 Å². The molecule has 0 atom stereocenters. The number of nitriles is 1. The van der Waals surface area contributed by atoms with E-state index in [0.717, 1.165) is 55.0 Å². The Labute approximate surface area is 140 Å². The molecular weight excluding hydrogens is 300 g/mol. The quantitative estimate of drug-likeness (QED) is 0.806. The van der Waals surface area contributed by atoms with Gasteiger partial charge in [0.15, 0.2) is 0 Å². The Kier molecular flexibility index (Phi) is 3.99. The van der Waals surface area contributed by atoms with E-state index < -0.39 is 0 Å². The molecule has 1 saturated heterocycles. The van der Waals surface area contributed by atoms with Crippen molar-refractivity contribution in [1.82, 2.24) is 14.9 Å².